The number of nitrogens with two attached hydrogens (primary N) is 1. The molecule has 0 spiro atoms. The summed E-state index contributed by atoms with van der Waals surface area (Å²) in [5.41, 5.74) is 8.36. The van der Waals surface area contributed by atoms with E-state index in [2.05, 4.69) is 37.1 Å². The van der Waals surface area contributed by atoms with Gasteiger partial charge in [0.05, 0.1) is 47.2 Å². The number of furan rings is 3. The lowest BCUT2D eigenvalue weighted by atomic mass is 9.95. The molecule has 9 heterocycles. The van der Waals surface area contributed by atoms with Crippen LogP contribution >= 0.6 is 0 Å². The second-order valence-corrected chi connectivity index (χ2v) is 22.9. The molecule has 0 aliphatic carbocycles. The lowest BCUT2D eigenvalue weighted by Gasteiger charge is -2.29. The Labute approximate surface area is 530 Å². The molecule has 0 unspecified atom stereocenters. The fourth-order valence-corrected chi connectivity index (χ4v) is 12.4. The summed E-state index contributed by atoms with van der Waals surface area (Å²) in [6.45, 7) is 0.901. The molecule has 6 aliphatic heterocycles. The molecule has 476 valence electrons. The fourth-order valence-electron chi connectivity index (χ4n) is 12.4. The van der Waals surface area contributed by atoms with E-state index in [0.717, 1.165) is 27.6 Å². The van der Waals surface area contributed by atoms with E-state index in [4.69, 9.17) is 38.4 Å². The van der Waals surface area contributed by atoms with E-state index >= 15 is 0 Å². The first-order chi connectivity index (χ1) is 45.3. The number of carbonyl (C=O) groups is 10. The van der Waals surface area contributed by atoms with Crippen LogP contribution in [0.4, 0.5) is 14.4 Å². The standard InChI is InChI=1S/C22H18N4O6.C22H20N4O5.C22H17N3O6/c1-31-15-4-3-13-10-26(19(27)16(13)8-15)11-22(20(28)24-21(29)25-22)18-7-14-6-12(9-23-30)2-5-17(14)32-18;1-30-15-4-3-13-10-26(19(27)16(13)8-15)11-22(20(28)24-21(29)25-22)18-7-14-6-12(9-23)2-5-17(14)31-18;1-30-15-4-3-13-9-25(19(27)16(13)8-15)11-22(20(28)23-21(29)24-22)18-7-14-6-12(10-26)2-5-17(14)31-18/h2-9,30H,10-11H2,1H3,(H2,24,25,28,29);2-8H,9-11,23H2,1H3,(H2,24,25,28,29);2-8,10H,9,11H2,1H3,(H2,23,24,28,29)/b23-9+;;/t3*22-/m000/s1. The molecule has 6 aliphatic rings. The second-order valence-electron chi connectivity index (χ2n) is 22.9. The third kappa shape index (κ3) is 10.5. The summed E-state index contributed by atoms with van der Waals surface area (Å²) in [6, 6.07) is 34.0. The minimum atomic E-state index is -1.60. The molecule has 0 radical (unpaired) electrons. The number of fused-ring (bicyclic) bond motifs is 6. The number of carbonyl (C=O) groups excluding carboxylic acids is 10. The molecule has 3 saturated heterocycles. The average molecular weight is 1270 g/mol. The van der Waals surface area contributed by atoms with Gasteiger partial charge in [-0.25, -0.2) is 14.4 Å². The maximum Gasteiger partial charge on any atom is 0.322 e. The SMILES string of the molecule is COc1ccc2c(c1)C(=O)N(C[C@@]1(c3cc4cc(/C=N/O)ccc4o3)NC(=O)NC1=O)C2.COc1ccc2c(c1)C(=O)N(C[C@@]1(c3cc4cc(C=O)ccc4o3)NC(=O)NC1=O)C2.COc1ccc2c(c1)C(=O)N(C[C@@]1(c3cc4cc(CN)ccc4o3)NC(=O)NC1=O)C2. The number of nitrogens with one attached hydrogen (secondary N) is 6. The molecule has 12 amide bonds. The van der Waals surface area contributed by atoms with Gasteiger partial charge in [-0.1, -0.05) is 29.4 Å². The van der Waals surface area contributed by atoms with Gasteiger partial charge in [-0.05, 0) is 131 Å². The van der Waals surface area contributed by atoms with E-state index in [1.54, 1.807) is 109 Å². The van der Waals surface area contributed by atoms with Crippen molar-refractivity contribution in [2.24, 2.45) is 10.9 Å². The molecule has 28 heteroatoms. The van der Waals surface area contributed by atoms with Crippen molar-refractivity contribution in [1.82, 2.24) is 46.6 Å². The summed E-state index contributed by atoms with van der Waals surface area (Å²) in [5.74, 6) is -0.296. The summed E-state index contributed by atoms with van der Waals surface area (Å²) in [7, 11) is 4.57. The normalized spacial score (nSPS) is 20.1. The van der Waals surface area contributed by atoms with Crippen molar-refractivity contribution in [3.8, 4) is 17.2 Å². The fraction of sp³-hybridized carbons (Fsp3) is 0.197. The van der Waals surface area contributed by atoms with Crippen LogP contribution in [0.25, 0.3) is 32.9 Å². The monoisotopic (exact) mass is 1270 g/mol. The molecule has 9 aromatic rings. The number of aldehydes is 1. The lowest BCUT2D eigenvalue weighted by molar-refractivity contribution is -0.126. The van der Waals surface area contributed by atoms with Crippen molar-refractivity contribution >= 4 is 98.9 Å². The third-order valence-electron chi connectivity index (χ3n) is 17.2. The molecule has 3 aromatic heterocycles. The number of imide groups is 3. The minimum Gasteiger partial charge on any atom is -0.497 e. The molecule has 0 saturated carbocycles. The summed E-state index contributed by atoms with van der Waals surface area (Å²) >= 11 is 0. The van der Waals surface area contributed by atoms with Crippen LogP contribution in [0.5, 0.6) is 17.2 Å². The highest BCUT2D eigenvalue weighted by Gasteiger charge is 2.56. The average Bonchev–Trinajstić information content (AvgIpc) is 1.60. The molecule has 3 fully saturated rings. The number of nitrogens with zero attached hydrogens (tertiary/aromatic N) is 4. The maximum absolute atomic E-state index is 13.1. The second kappa shape index (κ2) is 23.5. The summed E-state index contributed by atoms with van der Waals surface area (Å²) in [5, 5.41) is 28.5. The summed E-state index contributed by atoms with van der Waals surface area (Å²) < 4.78 is 33.4. The number of oxime groups is 1. The van der Waals surface area contributed by atoms with Gasteiger partial charge in [-0.15, -0.1) is 0 Å². The van der Waals surface area contributed by atoms with E-state index in [-0.39, 0.29) is 67.7 Å². The van der Waals surface area contributed by atoms with Crippen LogP contribution in [-0.2, 0) is 57.2 Å². The Morgan fingerprint density at radius 3 is 1.16 bits per heavy atom. The highest BCUT2D eigenvalue weighted by atomic mass is 16.5. The van der Waals surface area contributed by atoms with Crippen LogP contribution in [0.1, 0.15) is 86.5 Å². The van der Waals surface area contributed by atoms with Crippen molar-refractivity contribution < 1.29 is 80.6 Å². The first kappa shape index (κ1) is 60.6. The number of ether oxygens (including phenoxy) is 3. The minimum absolute atomic E-state index is 0.0794. The highest BCUT2D eigenvalue weighted by Crippen LogP contribution is 2.39. The number of hydrogen-bond donors (Lipinski definition) is 8. The number of hydrogen-bond acceptors (Lipinski definition) is 19. The van der Waals surface area contributed by atoms with E-state index in [0.29, 0.717) is 92.0 Å². The summed E-state index contributed by atoms with van der Waals surface area (Å²) in [6.07, 6.45) is 1.97. The predicted octanol–water partition coefficient (Wildman–Crippen LogP) is 5.48. The van der Waals surface area contributed by atoms with Crippen molar-refractivity contribution in [2.45, 2.75) is 42.8 Å². The topological polar surface area (TPSA) is 378 Å². The van der Waals surface area contributed by atoms with Crippen LogP contribution in [0.2, 0.25) is 0 Å². The Bertz CT molecular complexity index is 4780. The Morgan fingerprint density at radius 1 is 0.479 bits per heavy atom. The van der Waals surface area contributed by atoms with Crippen molar-refractivity contribution in [3.63, 3.8) is 0 Å². The molecular weight excluding hydrogens is 1220 g/mol. The third-order valence-corrected chi connectivity index (χ3v) is 17.2. The molecule has 6 aromatic carbocycles. The first-order valence-corrected chi connectivity index (χ1v) is 29.0. The zero-order valence-corrected chi connectivity index (χ0v) is 50.1. The van der Waals surface area contributed by atoms with Gasteiger partial charge in [-0.3, -0.25) is 49.5 Å². The number of urea groups is 3. The Hall–Kier alpha value is -12.3. The molecule has 9 N–H and O–H groups in total. The zero-order valence-electron chi connectivity index (χ0n) is 50.1. The number of benzene rings is 6. The quantitative estimate of drug-likeness (QED) is 0.0207. The van der Waals surface area contributed by atoms with E-state index in [1.807, 2.05) is 18.2 Å². The zero-order chi connectivity index (χ0) is 66.0. The van der Waals surface area contributed by atoms with Gasteiger partial charge in [0.1, 0.15) is 57.6 Å². The van der Waals surface area contributed by atoms with Crippen LogP contribution in [0, 0.1) is 0 Å². The largest absolute Gasteiger partial charge is 0.497 e. The highest BCUT2D eigenvalue weighted by molar-refractivity contribution is 6.11. The van der Waals surface area contributed by atoms with Crippen LogP contribution in [-0.4, -0.2) is 127 Å². The van der Waals surface area contributed by atoms with Crippen LogP contribution in [0.15, 0.2) is 146 Å². The van der Waals surface area contributed by atoms with Gasteiger partial charge in [0.2, 0.25) is 0 Å². The molecule has 15 rings (SSSR count). The molecule has 0 bridgehead atoms. The smallest absolute Gasteiger partial charge is 0.322 e. The van der Waals surface area contributed by atoms with E-state index < -0.39 is 52.4 Å². The van der Waals surface area contributed by atoms with Crippen molar-refractivity contribution in [3.05, 3.63) is 195 Å². The predicted molar refractivity (Wildman–Crippen MR) is 330 cm³/mol. The number of methoxy groups -OCH3 is 3. The van der Waals surface area contributed by atoms with E-state index in [1.165, 1.54) is 42.2 Å². The molecule has 3 atom stereocenters. The van der Waals surface area contributed by atoms with E-state index in [9.17, 15) is 47.9 Å². The van der Waals surface area contributed by atoms with Gasteiger partial charge >= 0.3 is 18.1 Å². The van der Waals surface area contributed by atoms with Gasteiger partial charge in [0, 0.05) is 64.6 Å². The number of amides is 12. The van der Waals surface area contributed by atoms with Crippen molar-refractivity contribution in [1.29, 1.82) is 0 Å². The Balaban J connectivity index is 0.000000128. The van der Waals surface area contributed by atoms with Gasteiger partial charge in [0.15, 0.2) is 16.6 Å². The first-order valence-electron chi connectivity index (χ1n) is 29.0. The van der Waals surface area contributed by atoms with Gasteiger partial charge in [0.25, 0.3) is 35.4 Å². The Morgan fingerprint density at radius 2 is 0.830 bits per heavy atom. The molecule has 28 nitrogen and oxygen atoms in total. The van der Waals surface area contributed by atoms with Crippen molar-refractivity contribution in [2.75, 3.05) is 41.0 Å². The summed E-state index contributed by atoms with van der Waals surface area (Å²) in [4.78, 5) is 130. The number of rotatable bonds is 15. The maximum atomic E-state index is 13.1. The lowest BCUT2D eigenvalue weighted by Crippen LogP contribution is -2.52. The van der Waals surface area contributed by atoms with Gasteiger partial charge in [-0.2, -0.15) is 0 Å². The Kier molecular flexibility index (Phi) is 15.1. The molecule has 94 heavy (non-hydrogen) atoms. The van der Waals surface area contributed by atoms with Gasteiger partial charge < -0.3 is 69.1 Å². The molecular formula is C66H55N11O17. The van der Waals surface area contributed by atoms with Crippen LogP contribution in [0.3, 0.4) is 0 Å². The van der Waals surface area contributed by atoms with Crippen LogP contribution < -0.4 is 51.8 Å².